The van der Waals surface area contributed by atoms with Gasteiger partial charge in [0.2, 0.25) is 10.0 Å². The lowest BCUT2D eigenvalue weighted by Crippen LogP contribution is -2.50. The molecule has 45 heavy (non-hydrogen) atoms. The van der Waals surface area contributed by atoms with Crippen molar-refractivity contribution >= 4 is 49.7 Å². The smallest absolute Gasteiger partial charge is 0.319 e. The number of hydrogen-bond acceptors (Lipinski definition) is 14. The lowest BCUT2D eigenvalue weighted by molar-refractivity contribution is -0.143. The SMILES string of the molecule is COC(=O)CN(C[C@H]1O[C@@H](n2cnc3c(N)ncnc32)[C@H](O)[C@@H]1O)C1CCN(Cc2nc3ccc(NS(C)(=O)=O)cc3[nH]2)CC1. The monoisotopic (exact) mass is 644 g/mol. The molecular weight excluding hydrogens is 608 g/mol. The first kappa shape index (κ1) is 31.1. The summed E-state index contributed by atoms with van der Waals surface area (Å²) >= 11 is 0. The summed E-state index contributed by atoms with van der Waals surface area (Å²) in [4.78, 5) is 36.9. The molecule has 4 atom stereocenters. The number of H-pyrrole nitrogens is 1. The third kappa shape index (κ3) is 6.70. The number of aromatic nitrogens is 6. The molecule has 0 radical (unpaired) electrons. The number of nitrogens with one attached hydrogen (secondary N) is 2. The van der Waals surface area contributed by atoms with Crippen LogP contribution in [0.1, 0.15) is 24.9 Å². The number of ether oxygens (including phenoxy) is 2. The molecule has 0 spiro atoms. The fraction of sp³-hybridized carbons (Fsp3) is 0.519. The number of fused-ring (bicyclic) bond motifs is 2. The number of carbonyl (C=O) groups is 1. The van der Waals surface area contributed by atoms with Crippen LogP contribution in [0.3, 0.4) is 0 Å². The second-order valence-electron chi connectivity index (χ2n) is 11.4. The number of nitrogens with two attached hydrogens (primary N) is 1. The molecule has 2 aliphatic rings. The standard InChI is InChI=1S/C27H36N10O7S/c1-43-21(38)12-36(10-19-23(39)24(40)27(44-19)37-14-31-22-25(28)29-13-30-26(22)37)16-5-7-35(8-6-16)11-20-32-17-4-3-15(9-18(17)33-20)34-45(2,41)42/h3-4,9,13-14,16,19,23-24,27,34,39-40H,5-8,10-12H2,1-2H3,(H,32,33)(H2,28,29,30)/t19-,23-,24-,27-/m1/s1. The van der Waals surface area contributed by atoms with Crippen LogP contribution in [0.15, 0.2) is 30.9 Å². The van der Waals surface area contributed by atoms with Gasteiger partial charge in [0, 0.05) is 25.7 Å². The van der Waals surface area contributed by atoms with E-state index in [0.29, 0.717) is 23.4 Å². The van der Waals surface area contributed by atoms with Crippen LogP contribution in [0, 0.1) is 0 Å². The number of anilines is 2. The van der Waals surface area contributed by atoms with Gasteiger partial charge in [-0.1, -0.05) is 0 Å². The number of imidazole rings is 2. The van der Waals surface area contributed by atoms with Crippen LogP contribution in [0.4, 0.5) is 11.5 Å². The van der Waals surface area contributed by atoms with Gasteiger partial charge in [-0.2, -0.15) is 0 Å². The molecule has 17 nitrogen and oxygen atoms in total. The molecule has 0 unspecified atom stereocenters. The van der Waals surface area contributed by atoms with Gasteiger partial charge in [0.25, 0.3) is 0 Å². The van der Waals surface area contributed by atoms with Gasteiger partial charge in [-0.05, 0) is 31.0 Å². The molecular formula is C27H36N10O7S. The van der Waals surface area contributed by atoms with Crippen LogP contribution >= 0.6 is 0 Å². The number of aromatic amines is 1. The van der Waals surface area contributed by atoms with Gasteiger partial charge in [-0.25, -0.2) is 28.4 Å². The molecule has 4 aromatic rings. The molecule has 242 valence electrons. The number of methoxy groups -OCH3 is 1. The molecule has 6 N–H and O–H groups in total. The highest BCUT2D eigenvalue weighted by atomic mass is 32.2. The van der Waals surface area contributed by atoms with E-state index < -0.39 is 40.5 Å². The Hall–Kier alpha value is -3.94. The second kappa shape index (κ2) is 12.5. The molecule has 0 bridgehead atoms. The summed E-state index contributed by atoms with van der Waals surface area (Å²) in [5.41, 5.74) is 8.55. The first-order valence-electron chi connectivity index (χ1n) is 14.4. The molecule has 2 saturated heterocycles. The van der Waals surface area contributed by atoms with Gasteiger partial charge in [0.1, 0.15) is 36.0 Å². The Morgan fingerprint density at radius 1 is 1.22 bits per heavy atom. The zero-order valence-electron chi connectivity index (χ0n) is 24.8. The topological polar surface area (TPSA) is 227 Å². The minimum absolute atomic E-state index is 0.000302. The summed E-state index contributed by atoms with van der Waals surface area (Å²) in [5.74, 6) is 0.532. The summed E-state index contributed by atoms with van der Waals surface area (Å²) in [6, 6.07) is 5.14. The highest BCUT2D eigenvalue weighted by Crippen LogP contribution is 2.33. The average Bonchev–Trinajstić information content (AvgIpc) is 3.68. The third-order valence-electron chi connectivity index (χ3n) is 8.25. The third-order valence-corrected chi connectivity index (χ3v) is 8.86. The number of benzene rings is 1. The maximum Gasteiger partial charge on any atom is 0.319 e. The van der Waals surface area contributed by atoms with Crippen LogP contribution in [0.25, 0.3) is 22.2 Å². The molecule has 1 aromatic carbocycles. The number of aliphatic hydroxyl groups is 2. The van der Waals surface area contributed by atoms with E-state index in [1.165, 1.54) is 24.3 Å². The van der Waals surface area contributed by atoms with E-state index in [2.05, 4.69) is 34.5 Å². The van der Waals surface area contributed by atoms with Crippen LogP contribution in [0.2, 0.25) is 0 Å². The number of likely N-dealkylation sites (tertiary alicyclic amines) is 1. The van der Waals surface area contributed by atoms with Crippen molar-refractivity contribution in [3.63, 3.8) is 0 Å². The molecule has 3 aromatic heterocycles. The number of carbonyl (C=O) groups excluding carboxylic acids is 1. The number of esters is 1. The number of sulfonamides is 1. The van der Waals surface area contributed by atoms with Crippen molar-refractivity contribution in [2.24, 2.45) is 0 Å². The molecule has 0 amide bonds. The number of piperidine rings is 1. The van der Waals surface area contributed by atoms with Gasteiger partial charge in [-0.15, -0.1) is 0 Å². The van der Waals surface area contributed by atoms with Gasteiger partial charge in [0.15, 0.2) is 17.7 Å². The molecule has 2 aliphatic heterocycles. The maximum absolute atomic E-state index is 12.4. The molecule has 2 fully saturated rings. The maximum atomic E-state index is 12.4. The summed E-state index contributed by atoms with van der Waals surface area (Å²) in [7, 11) is -2.06. The summed E-state index contributed by atoms with van der Waals surface area (Å²) < 4.78 is 38.3. The van der Waals surface area contributed by atoms with Crippen molar-refractivity contribution in [3.05, 3.63) is 36.7 Å². The van der Waals surface area contributed by atoms with Crippen molar-refractivity contribution < 1.29 is 32.9 Å². The van der Waals surface area contributed by atoms with Crippen LogP contribution in [-0.4, -0.2) is 128 Å². The van der Waals surface area contributed by atoms with E-state index in [9.17, 15) is 23.4 Å². The van der Waals surface area contributed by atoms with Gasteiger partial charge in [0.05, 0.1) is 49.5 Å². The summed E-state index contributed by atoms with van der Waals surface area (Å²) in [6.07, 6.45) is 1.03. The zero-order chi connectivity index (χ0) is 31.9. The number of nitrogen functional groups attached to an aromatic ring is 1. The minimum Gasteiger partial charge on any atom is -0.468 e. The Morgan fingerprint density at radius 3 is 2.73 bits per heavy atom. The molecule has 0 saturated carbocycles. The molecule has 18 heteroatoms. The van der Waals surface area contributed by atoms with Gasteiger partial charge in [-0.3, -0.25) is 23.9 Å². The predicted octanol–water partition coefficient (Wildman–Crippen LogP) is -0.585. The van der Waals surface area contributed by atoms with Crippen LogP contribution < -0.4 is 10.5 Å². The van der Waals surface area contributed by atoms with Crippen molar-refractivity contribution in [2.45, 2.75) is 50.0 Å². The fourth-order valence-electron chi connectivity index (χ4n) is 6.04. The largest absolute Gasteiger partial charge is 0.468 e. The minimum atomic E-state index is -3.39. The van der Waals surface area contributed by atoms with E-state index in [4.69, 9.17) is 15.2 Å². The van der Waals surface area contributed by atoms with Crippen molar-refractivity contribution in [1.29, 1.82) is 0 Å². The Balaban J connectivity index is 1.10. The number of nitrogens with zero attached hydrogens (tertiary/aromatic N) is 7. The number of rotatable bonds is 10. The second-order valence-corrected chi connectivity index (χ2v) is 13.2. The lowest BCUT2D eigenvalue weighted by Gasteiger charge is -2.39. The van der Waals surface area contributed by atoms with E-state index in [0.717, 1.165) is 49.0 Å². The van der Waals surface area contributed by atoms with Crippen molar-refractivity contribution in [3.8, 4) is 0 Å². The highest BCUT2D eigenvalue weighted by molar-refractivity contribution is 7.92. The molecule has 5 heterocycles. The van der Waals surface area contributed by atoms with Gasteiger partial charge >= 0.3 is 5.97 Å². The Labute approximate surface area is 258 Å². The molecule has 0 aliphatic carbocycles. The first-order chi connectivity index (χ1) is 21.5. The van der Waals surface area contributed by atoms with E-state index in [-0.39, 0.29) is 24.9 Å². The van der Waals surface area contributed by atoms with Gasteiger partial charge < -0.3 is 30.4 Å². The Morgan fingerprint density at radius 2 is 2.00 bits per heavy atom. The highest BCUT2D eigenvalue weighted by Gasteiger charge is 2.45. The number of hydrogen-bond donors (Lipinski definition) is 5. The Kier molecular flexibility index (Phi) is 8.59. The van der Waals surface area contributed by atoms with E-state index in [1.54, 1.807) is 18.2 Å². The number of aliphatic hydroxyl groups excluding tert-OH is 2. The Bertz CT molecular complexity index is 1790. The normalized spacial score (nSPS) is 23.3. The fourth-order valence-corrected chi connectivity index (χ4v) is 6.59. The van der Waals surface area contributed by atoms with Crippen LogP contribution in [0.5, 0.6) is 0 Å². The van der Waals surface area contributed by atoms with E-state index in [1.807, 2.05) is 4.90 Å². The zero-order valence-corrected chi connectivity index (χ0v) is 25.6. The lowest BCUT2D eigenvalue weighted by atomic mass is 10.0. The summed E-state index contributed by atoms with van der Waals surface area (Å²) in [5, 5.41) is 21.9. The quantitative estimate of drug-likeness (QED) is 0.136. The van der Waals surface area contributed by atoms with E-state index >= 15 is 0 Å². The van der Waals surface area contributed by atoms with Crippen LogP contribution in [-0.2, 0) is 30.8 Å². The average molecular weight is 645 g/mol. The summed E-state index contributed by atoms with van der Waals surface area (Å²) in [6.45, 7) is 2.20. The predicted molar refractivity (Wildman–Crippen MR) is 162 cm³/mol. The molecule has 6 rings (SSSR count). The van der Waals surface area contributed by atoms with Crippen molar-refractivity contribution in [1.82, 2.24) is 39.3 Å². The first-order valence-corrected chi connectivity index (χ1v) is 16.3. The van der Waals surface area contributed by atoms with Crippen molar-refractivity contribution in [2.75, 3.05) is 50.0 Å².